The highest BCUT2D eigenvalue weighted by atomic mass is 35.5. The van der Waals surface area contributed by atoms with Gasteiger partial charge in [-0.2, -0.15) is 0 Å². The van der Waals surface area contributed by atoms with E-state index in [4.69, 9.17) is 16.6 Å². The highest BCUT2D eigenvalue weighted by Crippen LogP contribution is 2.40. The van der Waals surface area contributed by atoms with E-state index in [9.17, 15) is 4.79 Å². The van der Waals surface area contributed by atoms with E-state index in [0.717, 1.165) is 51.2 Å². The molecule has 196 valence electrons. The third kappa shape index (κ3) is 4.77. The Hall–Kier alpha value is -3.80. The molecule has 4 aromatic rings. The van der Waals surface area contributed by atoms with Gasteiger partial charge in [0, 0.05) is 35.4 Å². The van der Waals surface area contributed by atoms with Gasteiger partial charge in [-0.05, 0) is 60.9 Å². The van der Waals surface area contributed by atoms with Gasteiger partial charge in [0.2, 0.25) is 5.91 Å². The molecule has 0 bridgehead atoms. The molecule has 1 amide bonds. The van der Waals surface area contributed by atoms with E-state index < -0.39 is 6.04 Å². The zero-order chi connectivity index (χ0) is 27.3. The molecule has 0 unspecified atom stereocenters. The van der Waals surface area contributed by atoms with Crippen LogP contribution in [0.1, 0.15) is 65.2 Å². The molecule has 0 saturated carbocycles. The van der Waals surface area contributed by atoms with Crippen LogP contribution in [-0.4, -0.2) is 49.4 Å². The number of pyridine rings is 1. The summed E-state index contributed by atoms with van der Waals surface area (Å²) in [5.41, 5.74) is 4.57. The number of fused-ring (bicyclic) bond motifs is 3. The Morgan fingerprint density at radius 2 is 1.87 bits per heavy atom. The van der Waals surface area contributed by atoms with Crippen LogP contribution in [0.2, 0.25) is 5.02 Å². The standard InChI is InChI=1S/C30H27ClN6OS/c1-18-24(13-12-22-7-5-6-14-32-22)39-29-26(18)27(20-8-10-21(31)11-9-20)33-23(28-35-34-19(2)37(28)29)15-25(38)36-16-30(3,4)17-36/h5-11,14,23H,15-17H2,1-4H3/t23-/m0/s1. The highest BCUT2D eigenvalue weighted by molar-refractivity contribution is 7.15. The molecule has 9 heteroatoms. The van der Waals surface area contributed by atoms with Gasteiger partial charge in [0.1, 0.15) is 22.6 Å². The van der Waals surface area contributed by atoms with Crippen LogP contribution in [0.3, 0.4) is 0 Å². The number of nitrogens with zero attached hydrogens (tertiary/aromatic N) is 6. The number of amides is 1. The van der Waals surface area contributed by atoms with Crippen molar-refractivity contribution in [2.75, 3.05) is 13.1 Å². The Bertz CT molecular complexity index is 1670. The van der Waals surface area contributed by atoms with Crippen LogP contribution in [0.5, 0.6) is 0 Å². The van der Waals surface area contributed by atoms with Crippen molar-refractivity contribution in [2.45, 2.75) is 40.2 Å². The molecule has 2 aliphatic rings. The van der Waals surface area contributed by atoms with Crippen molar-refractivity contribution in [1.82, 2.24) is 24.6 Å². The Morgan fingerprint density at radius 1 is 1.10 bits per heavy atom. The maximum absolute atomic E-state index is 13.3. The normalized spacial score (nSPS) is 17.2. The number of rotatable bonds is 3. The number of hydrogen-bond donors (Lipinski definition) is 0. The predicted octanol–water partition coefficient (Wildman–Crippen LogP) is 5.54. The number of aromatic nitrogens is 4. The number of benzene rings is 1. The zero-order valence-corrected chi connectivity index (χ0v) is 23.8. The number of carbonyl (C=O) groups is 1. The Morgan fingerprint density at radius 3 is 2.56 bits per heavy atom. The summed E-state index contributed by atoms with van der Waals surface area (Å²) in [4.78, 5) is 25.7. The van der Waals surface area contributed by atoms with E-state index in [1.54, 1.807) is 17.5 Å². The average Bonchev–Trinajstić information content (AvgIpc) is 3.39. The molecule has 6 rings (SSSR count). The molecule has 1 saturated heterocycles. The first kappa shape index (κ1) is 25.5. The van der Waals surface area contributed by atoms with Gasteiger partial charge >= 0.3 is 0 Å². The van der Waals surface area contributed by atoms with E-state index in [1.807, 2.05) is 58.9 Å². The first-order chi connectivity index (χ1) is 18.7. The summed E-state index contributed by atoms with van der Waals surface area (Å²) >= 11 is 7.82. The largest absolute Gasteiger partial charge is 0.341 e. The summed E-state index contributed by atoms with van der Waals surface area (Å²) in [6, 6.07) is 12.9. The lowest BCUT2D eigenvalue weighted by Crippen LogP contribution is -2.55. The number of aliphatic imine (C=N–C) groups is 1. The Kier molecular flexibility index (Phi) is 6.37. The van der Waals surface area contributed by atoms with Gasteiger partial charge in [-0.3, -0.25) is 14.4 Å². The smallest absolute Gasteiger partial charge is 0.225 e. The lowest BCUT2D eigenvalue weighted by atomic mass is 9.84. The third-order valence-corrected chi connectivity index (χ3v) is 8.49. The minimum atomic E-state index is -0.477. The topological polar surface area (TPSA) is 76.3 Å². The first-order valence-electron chi connectivity index (χ1n) is 12.8. The summed E-state index contributed by atoms with van der Waals surface area (Å²) in [5, 5.41) is 10.5. The van der Waals surface area contributed by atoms with Gasteiger partial charge in [0.15, 0.2) is 5.82 Å². The molecule has 39 heavy (non-hydrogen) atoms. The minimum absolute atomic E-state index is 0.0784. The summed E-state index contributed by atoms with van der Waals surface area (Å²) in [7, 11) is 0. The van der Waals surface area contributed by atoms with E-state index >= 15 is 0 Å². The molecule has 5 heterocycles. The summed E-state index contributed by atoms with van der Waals surface area (Å²) < 4.78 is 2.04. The van der Waals surface area contributed by atoms with Gasteiger partial charge in [-0.1, -0.05) is 43.6 Å². The second-order valence-corrected chi connectivity index (χ2v) is 12.2. The van der Waals surface area contributed by atoms with Crippen LogP contribution in [0.25, 0.3) is 5.00 Å². The average molecular weight is 555 g/mol. The van der Waals surface area contributed by atoms with Crippen LogP contribution in [0.15, 0.2) is 53.7 Å². The number of thiophene rings is 1. The van der Waals surface area contributed by atoms with Gasteiger partial charge < -0.3 is 4.90 Å². The zero-order valence-electron chi connectivity index (χ0n) is 22.2. The van der Waals surface area contributed by atoms with Gasteiger partial charge in [0.25, 0.3) is 0 Å². The fraction of sp³-hybridized carbons (Fsp3) is 0.300. The summed E-state index contributed by atoms with van der Waals surface area (Å²) in [5.74, 6) is 8.00. The van der Waals surface area contributed by atoms with E-state index in [2.05, 4.69) is 47.8 Å². The third-order valence-electron chi connectivity index (χ3n) is 7.05. The predicted molar refractivity (Wildman–Crippen MR) is 154 cm³/mol. The monoisotopic (exact) mass is 554 g/mol. The molecule has 0 aliphatic carbocycles. The Labute approximate surface area is 236 Å². The van der Waals surface area contributed by atoms with Crippen molar-refractivity contribution in [3.8, 4) is 16.8 Å². The SMILES string of the molecule is Cc1c(C#Cc2ccccn2)sc2c1C(c1ccc(Cl)cc1)=N[C@@H](CC(=O)N1CC(C)(C)C1)c1nnc(C)n1-2. The number of halogens is 1. The van der Waals surface area contributed by atoms with Crippen molar-refractivity contribution < 1.29 is 4.79 Å². The summed E-state index contributed by atoms with van der Waals surface area (Å²) in [6.45, 7) is 9.85. The minimum Gasteiger partial charge on any atom is -0.341 e. The quantitative estimate of drug-likeness (QED) is 0.311. The second-order valence-electron chi connectivity index (χ2n) is 10.8. The molecule has 1 atom stereocenters. The van der Waals surface area contributed by atoms with E-state index in [0.29, 0.717) is 16.5 Å². The summed E-state index contributed by atoms with van der Waals surface area (Å²) in [6.07, 6.45) is 1.97. The van der Waals surface area contributed by atoms with Crippen LogP contribution in [-0.2, 0) is 4.79 Å². The molecule has 2 aliphatic heterocycles. The number of hydrogen-bond acceptors (Lipinski definition) is 6. The maximum atomic E-state index is 13.3. The number of carbonyl (C=O) groups excluding carboxylic acids is 1. The number of likely N-dealkylation sites (tertiary alicyclic amines) is 1. The van der Waals surface area contributed by atoms with E-state index in [-0.39, 0.29) is 17.7 Å². The molecule has 0 radical (unpaired) electrons. The Balaban J connectivity index is 1.49. The van der Waals surface area contributed by atoms with Crippen molar-refractivity contribution >= 4 is 34.6 Å². The van der Waals surface area contributed by atoms with E-state index in [1.165, 1.54) is 0 Å². The van der Waals surface area contributed by atoms with Crippen molar-refractivity contribution in [2.24, 2.45) is 10.4 Å². The molecule has 1 aromatic carbocycles. The lowest BCUT2D eigenvalue weighted by Gasteiger charge is -2.46. The van der Waals surface area contributed by atoms with Gasteiger partial charge in [-0.15, -0.1) is 21.5 Å². The maximum Gasteiger partial charge on any atom is 0.225 e. The van der Waals surface area contributed by atoms with Gasteiger partial charge in [-0.25, -0.2) is 4.98 Å². The van der Waals surface area contributed by atoms with Crippen LogP contribution < -0.4 is 0 Å². The highest BCUT2D eigenvalue weighted by Gasteiger charge is 2.39. The van der Waals surface area contributed by atoms with Crippen LogP contribution in [0.4, 0.5) is 0 Å². The fourth-order valence-electron chi connectivity index (χ4n) is 5.16. The van der Waals surface area contributed by atoms with Crippen molar-refractivity contribution in [3.63, 3.8) is 0 Å². The molecule has 0 N–H and O–H groups in total. The fourth-order valence-corrected chi connectivity index (χ4v) is 6.50. The van der Waals surface area contributed by atoms with Crippen molar-refractivity contribution in [1.29, 1.82) is 0 Å². The molecule has 7 nitrogen and oxygen atoms in total. The van der Waals surface area contributed by atoms with Crippen molar-refractivity contribution in [3.05, 3.63) is 92.6 Å². The molecule has 1 fully saturated rings. The van der Waals surface area contributed by atoms with Gasteiger partial charge in [0.05, 0.1) is 17.0 Å². The molecular weight excluding hydrogens is 528 g/mol. The first-order valence-corrected chi connectivity index (χ1v) is 14.0. The molecule has 0 spiro atoms. The molecule has 3 aromatic heterocycles. The lowest BCUT2D eigenvalue weighted by molar-refractivity contribution is -0.141. The molecular formula is C30H27ClN6OS. The van der Waals surface area contributed by atoms with Crippen LogP contribution >= 0.6 is 22.9 Å². The second kappa shape index (κ2) is 9.74. The van der Waals surface area contributed by atoms with Crippen LogP contribution in [0, 0.1) is 31.1 Å². The number of aryl methyl sites for hydroxylation is 1.